The molecule has 3 amide bonds. The zero-order valence-corrected chi connectivity index (χ0v) is 15.9. The summed E-state index contributed by atoms with van der Waals surface area (Å²) >= 11 is 1.50. The number of likely N-dealkylation sites (tertiary alicyclic amines) is 1. The topological polar surface area (TPSA) is 90.9 Å². The van der Waals surface area contributed by atoms with Crippen LogP contribution in [-0.4, -0.2) is 59.9 Å². The van der Waals surface area contributed by atoms with Gasteiger partial charge in [-0.1, -0.05) is 6.07 Å². The number of hydrogen-bond acceptors (Lipinski definition) is 5. The lowest BCUT2D eigenvalue weighted by atomic mass is 9.82. The standard InChI is InChI=1S/C17H27N3O4S/c1-11(2)18-16(22)20-8-7-17(3,23)15(19-13(21)10-24-4)14(20)12-6-5-9-25-12/h5-6,9,11,14-15,23H,7-8,10H2,1-4H3,(H,18,22)(H,19,21). The third kappa shape index (κ3) is 4.71. The van der Waals surface area contributed by atoms with E-state index in [1.54, 1.807) is 11.8 Å². The van der Waals surface area contributed by atoms with Gasteiger partial charge in [0.2, 0.25) is 5.91 Å². The van der Waals surface area contributed by atoms with Crippen molar-refractivity contribution in [2.45, 2.75) is 50.9 Å². The monoisotopic (exact) mass is 369 g/mol. The van der Waals surface area contributed by atoms with E-state index >= 15 is 0 Å². The zero-order valence-electron chi connectivity index (χ0n) is 15.1. The number of thiophene rings is 1. The van der Waals surface area contributed by atoms with Crippen LogP contribution < -0.4 is 10.6 Å². The van der Waals surface area contributed by atoms with Crippen LogP contribution in [0.3, 0.4) is 0 Å². The average molecular weight is 369 g/mol. The molecule has 8 heteroatoms. The first kappa shape index (κ1) is 19.7. The molecule has 1 aliphatic rings. The van der Waals surface area contributed by atoms with E-state index in [1.807, 2.05) is 31.4 Å². The number of urea groups is 1. The Morgan fingerprint density at radius 1 is 1.52 bits per heavy atom. The second-order valence-electron chi connectivity index (χ2n) is 6.84. The Morgan fingerprint density at radius 3 is 2.80 bits per heavy atom. The minimum absolute atomic E-state index is 0.000421. The van der Waals surface area contributed by atoms with Gasteiger partial charge >= 0.3 is 6.03 Å². The predicted molar refractivity (Wildman–Crippen MR) is 96.5 cm³/mol. The quantitative estimate of drug-likeness (QED) is 0.733. The van der Waals surface area contributed by atoms with E-state index in [4.69, 9.17) is 4.74 Å². The minimum Gasteiger partial charge on any atom is -0.388 e. The van der Waals surface area contributed by atoms with Crippen molar-refractivity contribution in [1.29, 1.82) is 0 Å². The van der Waals surface area contributed by atoms with Crippen molar-refractivity contribution in [3.05, 3.63) is 22.4 Å². The van der Waals surface area contributed by atoms with Gasteiger partial charge in [-0.05, 0) is 38.6 Å². The number of methoxy groups -OCH3 is 1. The smallest absolute Gasteiger partial charge is 0.318 e. The van der Waals surface area contributed by atoms with Crippen molar-refractivity contribution in [2.24, 2.45) is 0 Å². The van der Waals surface area contributed by atoms with Crippen molar-refractivity contribution in [1.82, 2.24) is 15.5 Å². The molecule has 3 N–H and O–H groups in total. The van der Waals surface area contributed by atoms with Crippen molar-refractivity contribution >= 4 is 23.3 Å². The van der Waals surface area contributed by atoms with Crippen molar-refractivity contribution < 1.29 is 19.4 Å². The van der Waals surface area contributed by atoms with Gasteiger partial charge in [-0.15, -0.1) is 11.3 Å². The summed E-state index contributed by atoms with van der Waals surface area (Å²) in [5.74, 6) is -0.319. The highest BCUT2D eigenvalue weighted by molar-refractivity contribution is 7.10. The lowest BCUT2D eigenvalue weighted by Crippen LogP contribution is -2.64. The van der Waals surface area contributed by atoms with E-state index in [0.29, 0.717) is 13.0 Å². The molecule has 2 heterocycles. The minimum atomic E-state index is -1.13. The number of carbonyl (C=O) groups is 2. The van der Waals surface area contributed by atoms with Gasteiger partial charge in [0.05, 0.1) is 17.7 Å². The maximum Gasteiger partial charge on any atom is 0.318 e. The SMILES string of the molecule is COCC(=O)NC1C(c2cccs2)N(C(=O)NC(C)C)CCC1(C)O. The fourth-order valence-electron chi connectivity index (χ4n) is 3.08. The molecule has 0 bridgehead atoms. The van der Waals surface area contributed by atoms with E-state index in [-0.39, 0.29) is 24.6 Å². The number of ether oxygens (including phenoxy) is 1. The van der Waals surface area contributed by atoms with Crippen LogP contribution in [0.5, 0.6) is 0 Å². The number of nitrogens with zero attached hydrogens (tertiary/aromatic N) is 1. The molecule has 0 saturated carbocycles. The van der Waals surface area contributed by atoms with Crippen molar-refractivity contribution in [3.63, 3.8) is 0 Å². The maximum atomic E-state index is 12.7. The summed E-state index contributed by atoms with van der Waals surface area (Å²) in [5, 5.41) is 18.6. The fourth-order valence-corrected chi connectivity index (χ4v) is 3.95. The number of amides is 3. The van der Waals surface area contributed by atoms with Gasteiger partial charge in [0.25, 0.3) is 0 Å². The van der Waals surface area contributed by atoms with Crippen molar-refractivity contribution in [2.75, 3.05) is 20.3 Å². The molecule has 0 radical (unpaired) electrons. The Hall–Kier alpha value is -1.64. The number of rotatable bonds is 5. The predicted octanol–water partition coefficient (Wildman–Crippen LogP) is 1.50. The van der Waals surface area contributed by atoms with Crippen LogP contribution in [0.25, 0.3) is 0 Å². The highest BCUT2D eigenvalue weighted by atomic mass is 32.1. The Bertz CT molecular complexity index is 589. The molecule has 0 aromatic carbocycles. The third-order valence-electron chi connectivity index (χ3n) is 4.28. The summed E-state index contributed by atoms with van der Waals surface area (Å²) in [6, 6.07) is 2.55. The lowest BCUT2D eigenvalue weighted by molar-refractivity contribution is -0.130. The van der Waals surface area contributed by atoms with Crippen LogP contribution in [0.2, 0.25) is 0 Å². The Labute approximate surface area is 152 Å². The first-order valence-corrected chi connectivity index (χ1v) is 9.25. The maximum absolute atomic E-state index is 12.7. The van der Waals surface area contributed by atoms with Crippen molar-refractivity contribution in [3.8, 4) is 0 Å². The summed E-state index contributed by atoms with van der Waals surface area (Å²) in [4.78, 5) is 27.4. The summed E-state index contributed by atoms with van der Waals surface area (Å²) in [6.07, 6.45) is 0.373. The molecular weight excluding hydrogens is 342 g/mol. The largest absolute Gasteiger partial charge is 0.388 e. The van der Waals surface area contributed by atoms with E-state index < -0.39 is 17.7 Å². The van der Waals surface area contributed by atoms with Gasteiger partial charge in [-0.25, -0.2) is 4.79 Å². The number of nitrogens with one attached hydrogen (secondary N) is 2. The molecule has 2 rings (SSSR count). The Balaban J connectivity index is 2.35. The molecule has 1 aromatic heterocycles. The molecule has 1 fully saturated rings. The normalized spacial score (nSPS) is 26.6. The fraction of sp³-hybridized carbons (Fsp3) is 0.647. The molecule has 0 spiro atoms. The van der Waals surface area contributed by atoms with Gasteiger partial charge in [-0.2, -0.15) is 0 Å². The first-order valence-electron chi connectivity index (χ1n) is 8.37. The third-order valence-corrected chi connectivity index (χ3v) is 5.22. The number of aliphatic hydroxyl groups is 1. The Morgan fingerprint density at radius 2 is 2.24 bits per heavy atom. The average Bonchev–Trinajstić information content (AvgIpc) is 3.02. The van der Waals surface area contributed by atoms with Crippen LogP contribution in [0.15, 0.2) is 17.5 Å². The van der Waals surface area contributed by atoms with Gasteiger partial charge in [-0.3, -0.25) is 4.79 Å². The highest BCUT2D eigenvalue weighted by Gasteiger charge is 2.48. The Kier molecular flexibility index (Phi) is 6.42. The zero-order chi connectivity index (χ0) is 18.6. The van der Waals surface area contributed by atoms with Crippen LogP contribution in [0.4, 0.5) is 4.79 Å². The lowest BCUT2D eigenvalue weighted by Gasteiger charge is -2.48. The van der Waals surface area contributed by atoms with E-state index in [9.17, 15) is 14.7 Å². The summed E-state index contributed by atoms with van der Waals surface area (Å²) in [5.41, 5.74) is -1.13. The summed E-state index contributed by atoms with van der Waals surface area (Å²) in [6.45, 7) is 5.81. The molecule has 140 valence electrons. The summed E-state index contributed by atoms with van der Waals surface area (Å²) < 4.78 is 4.88. The molecule has 0 aliphatic carbocycles. The number of hydrogen-bond donors (Lipinski definition) is 3. The number of carbonyl (C=O) groups excluding carboxylic acids is 2. The molecule has 3 unspecified atom stereocenters. The number of piperidine rings is 1. The van der Waals surface area contributed by atoms with E-state index in [2.05, 4.69) is 10.6 Å². The molecule has 1 saturated heterocycles. The van der Waals surface area contributed by atoms with Gasteiger partial charge in [0.15, 0.2) is 0 Å². The molecule has 25 heavy (non-hydrogen) atoms. The molecule has 3 atom stereocenters. The molecule has 1 aromatic rings. The van der Waals surface area contributed by atoms with Gasteiger partial charge < -0.3 is 25.4 Å². The van der Waals surface area contributed by atoms with E-state index in [0.717, 1.165) is 4.88 Å². The second-order valence-corrected chi connectivity index (χ2v) is 7.82. The second kappa shape index (κ2) is 8.16. The van der Waals surface area contributed by atoms with Gasteiger partial charge in [0, 0.05) is 24.6 Å². The molecular formula is C17H27N3O4S. The highest BCUT2D eigenvalue weighted by Crippen LogP contribution is 2.38. The van der Waals surface area contributed by atoms with E-state index in [1.165, 1.54) is 18.4 Å². The van der Waals surface area contributed by atoms with Crippen LogP contribution in [0, 0.1) is 0 Å². The molecule has 1 aliphatic heterocycles. The summed E-state index contributed by atoms with van der Waals surface area (Å²) in [7, 11) is 1.44. The first-order chi connectivity index (χ1) is 11.8. The van der Waals surface area contributed by atoms with Crippen LogP contribution >= 0.6 is 11.3 Å². The van der Waals surface area contributed by atoms with Crippen LogP contribution in [0.1, 0.15) is 38.1 Å². The van der Waals surface area contributed by atoms with Crippen LogP contribution in [-0.2, 0) is 9.53 Å². The molecule has 7 nitrogen and oxygen atoms in total. The van der Waals surface area contributed by atoms with Gasteiger partial charge in [0.1, 0.15) is 6.61 Å².